The van der Waals surface area contributed by atoms with Crippen LogP contribution in [0.4, 0.5) is 5.69 Å². The average molecular weight is 316 g/mol. The number of para-hydroxylation sites is 1. The maximum atomic E-state index is 12.4. The lowest BCUT2D eigenvalue weighted by Gasteiger charge is -2.36. The molecule has 1 aromatic carbocycles. The highest BCUT2D eigenvalue weighted by Crippen LogP contribution is 2.29. The van der Waals surface area contributed by atoms with Gasteiger partial charge in [-0.1, -0.05) is 18.2 Å². The summed E-state index contributed by atoms with van der Waals surface area (Å²) >= 11 is 0. The molecule has 1 saturated carbocycles. The van der Waals surface area contributed by atoms with E-state index >= 15 is 0 Å². The fourth-order valence-corrected chi connectivity index (χ4v) is 3.17. The zero-order valence-electron chi connectivity index (χ0n) is 12.8. The molecule has 6 nitrogen and oxygen atoms in total. The van der Waals surface area contributed by atoms with Gasteiger partial charge in [0.1, 0.15) is 0 Å². The number of carbonyl (C=O) groups excluding carboxylic acids is 2. The second-order valence-corrected chi connectivity index (χ2v) is 6.29. The molecule has 1 heterocycles. The Labute approximate surface area is 134 Å². The van der Waals surface area contributed by atoms with Crippen molar-refractivity contribution in [3.8, 4) is 0 Å². The molecule has 0 aromatic heterocycles. The van der Waals surface area contributed by atoms with Crippen LogP contribution in [0.25, 0.3) is 0 Å². The van der Waals surface area contributed by atoms with Crippen LogP contribution in [0.15, 0.2) is 30.3 Å². The summed E-state index contributed by atoms with van der Waals surface area (Å²) in [6.45, 7) is 0.379. The summed E-state index contributed by atoms with van der Waals surface area (Å²) in [5, 5.41) is 11.8. The van der Waals surface area contributed by atoms with Crippen molar-refractivity contribution in [3.63, 3.8) is 0 Å². The normalized spacial score (nSPS) is 27.2. The first kappa shape index (κ1) is 15.5. The molecule has 0 radical (unpaired) electrons. The van der Waals surface area contributed by atoms with Crippen molar-refractivity contribution in [2.45, 2.75) is 31.7 Å². The summed E-state index contributed by atoms with van der Waals surface area (Å²) in [5.74, 6) is -1.41. The zero-order valence-corrected chi connectivity index (χ0v) is 12.8. The van der Waals surface area contributed by atoms with E-state index in [1.165, 1.54) is 0 Å². The molecule has 0 bridgehead atoms. The number of nitrogens with zero attached hydrogens (tertiary/aromatic N) is 1. The molecule has 2 fully saturated rings. The van der Waals surface area contributed by atoms with E-state index in [0.717, 1.165) is 5.69 Å². The number of hydrogen-bond donors (Lipinski definition) is 2. The van der Waals surface area contributed by atoms with E-state index in [4.69, 9.17) is 5.11 Å². The molecule has 2 aliphatic rings. The van der Waals surface area contributed by atoms with E-state index < -0.39 is 5.97 Å². The van der Waals surface area contributed by atoms with Crippen LogP contribution >= 0.6 is 0 Å². The third-order valence-corrected chi connectivity index (χ3v) is 4.68. The van der Waals surface area contributed by atoms with Gasteiger partial charge < -0.3 is 15.3 Å². The molecule has 1 aromatic rings. The smallest absolute Gasteiger partial charge is 0.306 e. The maximum absolute atomic E-state index is 12.4. The second-order valence-electron chi connectivity index (χ2n) is 6.29. The second kappa shape index (κ2) is 6.40. The highest BCUT2D eigenvalue weighted by molar-refractivity contribution is 5.96. The number of benzene rings is 1. The van der Waals surface area contributed by atoms with Crippen molar-refractivity contribution in [1.29, 1.82) is 0 Å². The Morgan fingerprint density at radius 1 is 1.13 bits per heavy atom. The molecule has 1 saturated heterocycles. The van der Waals surface area contributed by atoms with E-state index in [-0.39, 0.29) is 29.7 Å². The fourth-order valence-electron chi connectivity index (χ4n) is 3.17. The third kappa shape index (κ3) is 3.36. The number of piperidine rings is 1. The number of hydrogen-bond acceptors (Lipinski definition) is 3. The van der Waals surface area contributed by atoms with Gasteiger partial charge in [-0.3, -0.25) is 14.4 Å². The van der Waals surface area contributed by atoms with Gasteiger partial charge in [0.05, 0.1) is 11.8 Å². The van der Waals surface area contributed by atoms with Crippen molar-refractivity contribution < 1.29 is 19.5 Å². The van der Waals surface area contributed by atoms with Crippen LogP contribution in [0.2, 0.25) is 0 Å². The first-order chi connectivity index (χ1) is 11.0. The summed E-state index contributed by atoms with van der Waals surface area (Å²) in [6.07, 6.45) is 1.89. The first-order valence-corrected chi connectivity index (χ1v) is 7.93. The van der Waals surface area contributed by atoms with E-state index in [1.807, 2.05) is 30.3 Å². The minimum Gasteiger partial charge on any atom is -0.481 e. The van der Waals surface area contributed by atoms with E-state index in [2.05, 4.69) is 5.32 Å². The Morgan fingerprint density at radius 2 is 1.83 bits per heavy atom. The number of carbonyl (C=O) groups is 3. The Bertz CT molecular complexity index is 610. The number of nitrogens with one attached hydrogen (secondary N) is 1. The molecule has 1 unspecified atom stereocenters. The van der Waals surface area contributed by atoms with Gasteiger partial charge in [0, 0.05) is 24.7 Å². The maximum Gasteiger partial charge on any atom is 0.306 e. The predicted molar refractivity (Wildman–Crippen MR) is 83.8 cm³/mol. The number of anilines is 1. The van der Waals surface area contributed by atoms with Crippen LogP contribution in [0.1, 0.15) is 25.7 Å². The number of carboxylic acids is 1. The monoisotopic (exact) mass is 316 g/mol. The quantitative estimate of drug-likeness (QED) is 0.879. The molecule has 122 valence electrons. The summed E-state index contributed by atoms with van der Waals surface area (Å²) in [5.41, 5.74) is 0.810. The van der Waals surface area contributed by atoms with E-state index in [0.29, 0.717) is 32.2 Å². The summed E-state index contributed by atoms with van der Waals surface area (Å²) in [4.78, 5) is 36.9. The predicted octanol–water partition coefficient (Wildman–Crippen LogP) is 1.41. The van der Waals surface area contributed by atoms with Gasteiger partial charge in [0.25, 0.3) is 0 Å². The first-order valence-electron chi connectivity index (χ1n) is 7.93. The van der Waals surface area contributed by atoms with Crippen molar-refractivity contribution >= 4 is 23.5 Å². The molecule has 0 spiro atoms. The molecule has 1 atom stereocenters. The molecule has 1 aliphatic heterocycles. The minimum atomic E-state index is -0.797. The number of carboxylic acid groups (broad SMARTS) is 1. The van der Waals surface area contributed by atoms with Crippen LogP contribution < -0.4 is 10.2 Å². The topological polar surface area (TPSA) is 86.7 Å². The van der Waals surface area contributed by atoms with Gasteiger partial charge in [-0.15, -0.1) is 0 Å². The minimum absolute atomic E-state index is 0.0369. The largest absolute Gasteiger partial charge is 0.481 e. The highest BCUT2D eigenvalue weighted by atomic mass is 16.4. The zero-order chi connectivity index (χ0) is 16.4. The van der Waals surface area contributed by atoms with E-state index in [1.54, 1.807) is 4.90 Å². The number of aliphatic carboxylic acids is 1. The van der Waals surface area contributed by atoms with Crippen LogP contribution in [0.5, 0.6) is 0 Å². The molecule has 23 heavy (non-hydrogen) atoms. The van der Waals surface area contributed by atoms with Gasteiger partial charge in [-0.2, -0.15) is 0 Å². The molecule has 6 heteroatoms. The lowest BCUT2D eigenvalue weighted by atomic mass is 9.80. The summed E-state index contributed by atoms with van der Waals surface area (Å²) in [7, 11) is 0. The SMILES string of the molecule is O=C(O)C1CC(NC(=O)C2CCC(=O)N(c3ccccc3)C2)C1. The van der Waals surface area contributed by atoms with Crippen molar-refractivity contribution in [2.75, 3.05) is 11.4 Å². The average Bonchev–Trinajstić information content (AvgIpc) is 2.51. The third-order valence-electron chi connectivity index (χ3n) is 4.68. The van der Waals surface area contributed by atoms with Crippen LogP contribution in [-0.2, 0) is 14.4 Å². The molecule has 2 amide bonds. The number of rotatable bonds is 4. The Hall–Kier alpha value is -2.37. The van der Waals surface area contributed by atoms with Gasteiger partial charge in [-0.25, -0.2) is 0 Å². The molecular weight excluding hydrogens is 296 g/mol. The van der Waals surface area contributed by atoms with Gasteiger partial charge in [0.15, 0.2) is 0 Å². The van der Waals surface area contributed by atoms with Crippen molar-refractivity contribution in [2.24, 2.45) is 11.8 Å². The van der Waals surface area contributed by atoms with E-state index in [9.17, 15) is 14.4 Å². The van der Waals surface area contributed by atoms with Gasteiger partial charge in [0.2, 0.25) is 11.8 Å². The lowest BCUT2D eigenvalue weighted by Crippen LogP contribution is -2.52. The van der Waals surface area contributed by atoms with Crippen LogP contribution in [0.3, 0.4) is 0 Å². The highest BCUT2D eigenvalue weighted by Gasteiger charge is 2.37. The van der Waals surface area contributed by atoms with Crippen LogP contribution in [0, 0.1) is 11.8 Å². The Morgan fingerprint density at radius 3 is 2.48 bits per heavy atom. The summed E-state index contributed by atoms with van der Waals surface area (Å²) in [6, 6.07) is 9.30. The fraction of sp³-hybridized carbons (Fsp3) is 0.471. The summed E-state index contributed by atoms with van der Waals surface area (Å²) < 4.78 is 0. The molecular formula is C17H20N2O4. The molecule has 3 rings (SSSR count). The Kier molecular flexibility index (Phi) is 4.32. The lowest BCUT2D eigenvalue weighted by molar-refractivity contribution is -0.146. The Balaban J connectivity index is 1.57. The van der Waals surface area contributed by atoms with Gasteiger partial charge >= 0.3 is 5.97 Å². The molecule has 2 N–H and O–H groups in total. The van der Waals surface area contributed by atoms with Crippen molar-refractivity contribution in [3.05, 3.63) is 30.3 Å². The van der Waals surface area contributed by atoms with Crippen LogP contribution in [-0.4, -0.2) is 35.5 Å². The van der Waals surface area contributed by atoms with Crippen molar-refractivity contribution in [1.82, 2.24) is 5.32 Å². The number of amides is 2. The van der Waals surface area contributed by atoms with Gasteiger partial charge in [-0.05, 0) is 31.4 Å². The molecule has 1 aliphatic carbocycles. The standard InChI is InChI=1S/C17H20N2O4/c20-15-7-6-11(10-19(15)14-4-2-1-3-5-14)16(21)18-13-8-12(9-13)17(22)23/h1-5,11-13H,6-10H2,(H,18,21)(H,22,23).